The molecular weight excluding hydrogens is 649 g/mol. The van der Waals surface area contributed by atoms with E-state index in [1.807, 2.05) is 60.6 Å². The lowest BCUT2D eigenvalue weighted by Gasteiger charge is -2.37. The number of likely N-dealkylation sites (N-methyl/N-ethyl adjacent to an activating group) is 1. The Bertz CT molecular complexity index is 1680. The Kier molecular flexibility index (Phi) is 10.5. The van der Waals surface area contributed by atoms with Gasteiger partial charge in [0.1, 0.15) is 0 Å². The largest absolute Gasteiger partial charge is 0.372 e. The normalized spacial score (nSPS) is 17.3. The summed E-state index contributed by atoms with van der Waals surface area (Å²) in [6, 6.07) is 18.8. The molecule has 3 aliphatic rings. The van der Waals surface area contributed by atoms with E-state index in [1.54, 1.807) is 17.0 Å². The van der Waals surface area contributed by atoms with Crippen LogP contribution in [0.25, 0.3) is 0 Å². The number of hydrogen-bond donors (Lipinski definition) is 2. The summed E-state index contributed by atoms with van der Waals surface area (Å²) in [5.41, 5.74) is 4.30. The van der Waals surface area contributed by atoms with E-state index in [4.69, 9.17) is 23.2 Å². The highest BCUT2D eigenvalue weighted by Crippen LogP contribution is 2.33. The van der Waals surface area contributed by atoms with Crippen LogP contribution in [-0.2, 0) is 0 Å². The summed E-state index contributed by atoms with van der Waals surface area (Å²) in [7, 11) is 2.03. The standard InChI is InChI=1S/C35H39Cl2N9O2/c1-42-13-15-45(16-14-42)34(48)26-22-30(36)32(31(37)23-26)41-35(39-24-38)46-19-17-44(18-20-46)28-9-7-27(8-10-28)40-33(47)25-5-4-6-29(21-25)43-11-2-3-12-43/h4-10,21-23H,2-3,11-20H2,1H3,(H,39,41)(H,40,47). The van der Waals surface area contributed by atoms with Crippen molar-refractivity contribution in [3.05, 3.63) is 81.8 Å². The highest BCUT2D eigenvalue weighted by atomic mass is 35.5. The molecule has 3 aromatic carbocycles. The third-order valence-electron chi connectivity index (χ3n) is 9.12. The molecule has 48 heavy (non-hydrogen) atoms. The Hall–Kier alpha value is -4.50. The summed E-state index contributed by atoms with van der Waals surface area (Å²) < 4.78 is 0. The van der Waals surface area contributed by atoms with E-state index in [1.165, 1.54) is 12.8 Å². The number of benzene rings is 3. The minimum absolute atomic E-state index is 0.112. The van der Waals surface area contributed by atoms with Crippen molar-refractivity contribution in [1.29, 1.82) is 5.26 Å². The van der Waals surface area contributed by atoms with Gasteiger partial charge in [0.2, 0.25) is 12.2 Å². The fourth-order valence-corrected chi connectivity index (χ4v) is 6.88. The second-order valence-electron chi connectivity index (χ2n) is 12.3. The van der Waals surface area contributed by atoms with Crippen molar-refractivity contribution in [2.75, 3.05) is 92.9 Å². The molecular formula is C35H39Cl2N9O2. The SMILES string of the molecule is CN1CCN(C(=O)c2cc(Cl)c(N/C(=N/C#N)N3CCN(c4ccc(NC(=O)c5cccc(N6CCCC6)c5)cc4)CC3)c(Cl)c2)CC1. The molecule has 0 aliphatic carbocycles. The lowest BCUT2D eigenvalue weighted by Crippen LogP contribution is -2.50. The topological polar surface area (TPSA) is 111 Å². The van der Waals surface area contributed by atoms with Gasteiger partial charge in [0.15, 0.2) is 0 Å². The van der Waals surface area contributed by atoms with Crippen LogP contribution in [0, 0.1) is 11.5 Å². The highest BCUT2D eigenvalue weighted by molar-refractivity contribution is 6.40. The van der Waals surface area contributed by atoms with E-state index in [0.29, 0.717) is 62.0 Å². The Morgan fingerprint density at radius 3 is 2.00 bits per heavy atom. The molecule has 3 saturated heterocycles. The highest BCUT2D eigenvalue weighted by Gasteiger charge is 2.25. The van der Waals surface area contributed by atoms with Crippen molar-refractivity contribution in [2.45, 2.75) is 12.8 Å². The first-order valence-corrected chi connectivity index (χ1v) is 17.0. The van der Waals surface area contributed by atoms with E-state index in [-0.39, 0.29) is 21.9 Å². The van der Waals surface area contributed by atoms with E-state index in [2.05, 4.69) is 36.4 Å². The van der Waals surface area contributed by atoms with Crippen LogP contribution in [-0.4, -0.2) is 105 Å². The Morgan fingerprint density at radius 2 is 1.35 bits per heavy atom. The smallest absolute Gasteiger partial charge is 0.255 e. The fourth-order valence-electron chi connectivity index (χ4n) is 6.30. The number of anilines is 4. The first-order valence-electron chi connectivity index (χ1n) is 16.3. The van der Waals surface area contributed by atoms with Gasteiger partial charge in [-0.3, -0.25) is 9.59 Å². The van der Waals surface area contributed by atoms with Crippen LogP contribution in [0.2, 0.25) is 10.0 Å². The second-order valence-corrected chi connectivity index (χ2v) is 13.1. The number of nitrogens with one attached hydrogen (secondary N) is 2. The quantitative estimate of drug-likeness (QED) is 0.204. The molecule has 3 aromatic rings. The number of rotatable bonds is 6. The third-order valence-corrected chi connectivity index (χ3v) is 9.72. The predicted molar refractivity (Wildman–Crippen MR) is 193 cm³/mol. The molecule has 13 heteroatoms. The van der Waals surface area contributed by atoms with Crippen LogP contribution in [0.15, 0.2) is 65.7 Å². The van der Waals surface area contributed by atoms with Gasteiger partial charge in [0, 0.05) is 93.6 Å². The number of carbonyl (C=O) groups is 2. The predicted octanol–water partition coefficient (Wildman–Crippen LogP) is 5.30. The molecule has 11 nitrogen and oxygen atoms in total. The summed E-state index contributed by atoms with van der Waals surface area (Å²) in [6.07, 6.45) is 4.24. The molecule has 0 saturated carbocycles. The van der Waals surface area contributed by atoms with Crippen molar-refractivity contribution in [2.24, 2.45) is 4.99 Å². The molecule has 3 fully saturated rings. The van der Waals surface area contributed by atoms with Gasteiger partial charge in [0.25, 0.3) is 11.8 Å². The zero-order chi connectivity index (χ0) is 33.6. The molecule has 0 atom stereocenters. The first kappa shape index (κ1) is 33.4. The number of amides is 2. The van der Waals surface area contributed by atoms with Crippen LogP contribution in [0.1, 0.15) is 33.6 Å². The molecule has 2 amide bonds. The van der Waals surface area contributed by atoms with E-state index in [9.17, 15) is 14.9 Å². The van der Waals surface area contributed by atoms with E-state index >= 15 is 0 Å². The summed E-state index contributed by atoms with van der Waals surface area (Å²) >= 11 is 13.2. The Labute approximate surface area is 291 Å². The number of nitriles is 1. The second kappa shape index (κ2) is 15.2. The molecule has 3 heterocycles. The number of halogens is 2. The van der Waals surface area contributed by atoms with Crippen molar-refractivity contribution in [3.63, 3.8) is 0 Å². The molecule has 2 N–H and O–H groups in total. The molecule has 0 aromatic heterocycles. The summed E-state index contributed by atoms with van der Waals surface area (Å²) in [6.45, 7) is 7.51. The van der Waals surface area contributed by atoms with Crippen molar-refractivity contribution >= 4 is 63.7 Å². The zero-order valence-electron chi connectivity index (χ0n) is 27.0. The summed E-state index contributed by atoms with van der Waals surface area (Å²) in [4.78, 5) is 40.6. The summed E-state index contributed by atoms with van der Waals surface area (Å²) in [5.74, 6) is 0.0928. The lowest BCUT2D eigenvalue weighted by molar-refractivity contribution is 0.0664. The maximum absolute atomic E-state index is 13.1. The number of aliphatic imine (C=N–C) groups is 1. The average molecular weight is 689 g/mol. The van der Waals surface area contributed by atoms with Crippen LogP contribution >= 0.6 is 23.2 Å². The average Bonchev–Trinajstić information content (AvgIpc) is 3.65. The van der Waals surface area contributed by atoms with E-state index in [0.717, 1.165) is 43.2 Å². The molecule has 0 unspecified atom stereocenters. The number of piperazine rings is 2. The number of hydrogen-bond acceptors (Lipinski definition) is 7. The molecule has 0 spiro atoms. The Morgan fingerprint density at radius 1 is 0.729 bits per heavy atom. The number of carbonyl (C=O) groups excluding carboxylic acids is 2. The zero-order valence-corrected chi connectivity index (χ0v) is 28.5. The maximum atomic E-state index is 13.1. The van der Waals surface area contributed by atoms with Gasteiger partial charge >= 0.3 is 0 Å². The van der Waals surface area contributed by atoms with Crippen LogP contribution in [0.5, 0.6) is 0 Å². The Balaban J connectivity index is 1.04. The van der Waals surface area contributed by atoms with Gasteiger partial charge in [-0.05, 0) is 74.5 Å². The van der Waals surface area contributed by atoms with Gasteiger partial charge in [0.05, 0.1) is 15.7 Å². The van der Waals surface area contributed by atoms with Gasteiger partial charge in [-0.15, -0.1) is 4.99 Å². The maximum Gasteiger partial charge on any atom is 0.255 e. The van der Waals surface area contributed by atoms with Crippen molar-refractivity contribution in [1.82, 2.24) is 14.7 Å². The van der Waals surface area contributed by atoms with Gasteiger partial charge in [-0.2, -0.15) is 5.26 Å². The minimum Gasteiger partial charge on any atom is -0.372 e. The molecule has 0 radical (unpaired) electrons. The summed E-state index contributed by atoms with van der Waals surface area (Å²) in [5, 5.41) is 16.2. The number of nitrogens with zero attached hydrogens (tertiary/aromatic N) is 7. The van der Waals surface area contributed by atoms with Gasteiger partial charge < -0.3 is 35.1 Å². The van der Waals surface area contributed by atoms with Gasteiger partial charge in [-0.25, -0.2) is 0 Å². The van der Waals surface area contributed by atoms with Crippen molar-refractivity contribution in [3.8, 4) is 6.19 Å². The van der Waals surface area contributed by atoms with Crippen molar-refractivity contribution < 1.29 is 9.59 Å². The van der Waals surface area contributed by atoms with Gasteiger partial charge in [-0.1, -0.05) is 29.3 Å². The van der Waals surface area contributed by atoms with Crippen LogP contribution < -0.4 is 20.4 Å². The molecule has 6 rings (SSSR count). The monoisotopic (exact) mass is 687 g/mol. The molecule has 0 bridgehead atoms. The van der Waals surface area contributed by atoms with Crippen LogP contribution in [0.4, 0.5) is 22.7 Å². The van der Waals surface area contributed by atoms with E-state index < -0.39 is 0 Å². The lowest BCUT2D eigenvalue weighted by atomic mass is 10.1. The first-order chi connectivity index (χ1) is 23.3. The third kappa shape index (κ3) is 7.79. The molecule has 3 aliphatic heterocycles. The molecule has 250 valence electrons. The minimum atomic E-state index is -0.134. The van der Waals surface area contributed by atoms with Crippen LogP contribution in [0.3, 0.4) is 0 Å². The number of guanidine groups is 1. The fraction of sp³-hybridized carbons (Fsp3) is 0.371.